The molecule has 0 saturated heterocycles. The van der Waals surface area contributed by atoms with Crippen molar-refractivity contribution in [3.8, 4) is 0 Å². The van der Waals surface area contributed by atoms with E-state index in [1.54, 1.807) is 12.8 Å². The van der Waals surface area contributed by atoms with Gasteiger partial charge in [0.1, 0.15) is 0 Å². The van der Waals surface area contributed by atoms with Gasteiger partial charge in [-0.1, -0.05) is 6.92 Å². The molecule has 0 N–H and O–H groups in total. The van der Waals surface area contributed by atoms with Gasteiger partial charge in [0.05, 0.1) is 0 Å². The lowest BCUT2D eigenvalue weighted by atomic mass is 9.65. The monoisotopic (exact) mass is 134 g/mol. The van der Waals surface area contributed by atoms with Crippen LogP contribution in [0.1, 0.15) is 19.8 Å². The summed E-state index contributed by atoms with van der Waals surface area (Å²) in [5.74, 6) is 8.63. The highest BCUT2D eigenvalue weighted by atomic mass is 14.8. The molecular formula is C10H14. The first-order valence-corrected chi connectivity index (χ1v) is 4.89. The lowest BCUT2D eigenvalue weighted by Crippen LogP contribution is -2.36. The summed E-state index contributed by atoms with van der Waals surface area (Å²) in [5.41, 5.74) is 0. The fraction of sp³-hybridized carbons (Fsp3) is 1.00. The second-order valence-corrected chi connectivity index (χ2v) is 5.07. The second kappa shape index (κ2) is 1.09. The molecular weight excluding hydrogens is 120 g/mol. The van der Waals surface area contributed by atoms with Crippen LogP contribution in [0, 0.1) is 41.4 Å². The summed E-state index contributed by atoms with van der Waals surface area (Å²) in [6.07, 6.45) is 3.22. The predicted octanol–water partition coefficient (Wildman–Crippen LogP) is 2.15. The van der Waals surface area contributed by atoms with Crippen molar-refractivity contribution < 1.29 is 0 Å². The van der Waals surface area contributed by atoms with E-state index < -0.39 is 0 Å². The SMILES string of the molecule is CC1C2C3C4CCC3C4C12. The van der Waals surface area contributed by atoms with E-state index in [9.17, 15) is 0 Å². The van der Waals surface area contributed by atoms with Gasteiger partial charge < -0.3 is 0 Å². The average Bonchev–Trinajstić information content (AvgIpc) is 2.56. The van der Waals surface area contributed by atoms with Crippen LogP contribution in [0.4, 0.5) is 0 Å². The van der Waals surface area contributed by atoms with E-state index in [2.05, 4.69) is 6.92 Å². The smallest absolute Gasteiger partial charge is 0.0318 e. The Bertz CT molecular complexity index is 178. The maximum atomic E-state index is 2.48. The van der Waals surface area contributed by atoms with Crippen LogP contribution in [0.2, 0.25) is 0 Å². The molecule has 4 bridgehead atoms. The minimum absolute atomic E-state index is 1.15. The first kappa shape index (κ1) is 4.79. The van der Waals surface area contributed by atoms with Crippen LogP contribution >= 0.6 is 0 Å². The first-order valence-electron chi connectivity index (χ1n) is 4.89. The largest absolute Gasteiger partial charge is 0.0619 e. The Morgan fingerprint density at radius 3 is 1.80 bits per heavy atom. The van der Waals surface area contributed by atoms with Gasteiger partial charge in [-0.3, -0.25) is 0 Å². The Kier molecular flexibility index (Phi) is 0.522. The fourth-order valence-electron chi connectivity index (χ4n) is 5.04. The van der Waals surface area contributed by atoms with Crippen molar-refractivity contribution in [2.45, 2.75) is 19.8 Å². The Labute approximate surface area is 62.0 Å². The number of fused-ring (bicyclic) bond motifs is 1. The summed E-state index contributed by atoms with van der Waals surface area (Å²) < 4.78 is 0. The maximum absolute atomic E-state index is 2.48. The standard InChI is InChI=1S/C10H14/c1-4-7-8(4)10-5-2-3-6(10)9(5)7/h4-10H,2-3H2,1H3. The first-order chi connectivity index (χ1) is 4.89. The minimum atomic E-state index is 1.15. The van der Waals surface area contributed by atoms with E-state index >= 15 is 0 Å². The average molecular weight is 134 g/mol. The summed E-state index contributed by atoms with van der Waals surface area (Å²) >= 11 is 0. The van der Waals surface area contributed by atoms with Crippen molar-refractivity contribution in [2.24, 2.45) is 41.4 Å². The van der Waals surface area contributed by atoms with Crippen LogP contribution in [-0.4, -0.2) is 0 Å². The number of rotatable bonds is 0. The number of hydrogen-bond acceptors (Lipinski definition) is 0. The molecule has 0 heterocycles. The molecule has 0 nitrogen and oxygen atoms in total. The Hall–Kier alpha value is 0. The zero-order valence-corrected chi connectivity index (χ0v) is 6.46. The van der Waals surface area contributed by atoms with Crippen molar-refractivity contribution in [1.82, 2.24) is 0 Å². The lowest BCUT2D eigenvalue weighted by Gasteiger charge is -2.40. The van der Waals surface area contributed by atoms with Gasteiger partial charge in [-0.25, -0.2) is 0 Å². The van der Waals surface area contributed by atoms with E-state index in [4.69, 9.17) is 0 Å². The third-order valence-electron chi connectivity index (χ3n) is 5.22. The van der Waals surface area contributed by atoms with Gasteiger partial charge in [0.25, 0.3) is 0 Å². The van der Waals surface area contributed by atoms with E-state index in [0.717, 1.165) is 5.92 Å². The van der Waals surface area contributed by atoms with Crippen molar-refractivity contribution in [2.75, 3.05) is 0 Å². The van der Waals surface area contributed by atoms with Gasteiger partial charge in [-0.05, 0) is 54.3 Å². The Morgan fingerprint density at radius 1 is 0.800 bits per heavy atom. The molecule has 6 rings (SSSR count). The highest BCUT2D eigenvalue weighted by Gasteiger charge is 2.77. The van der Waals surface area contributed by atoms with Gasteiger partial charge in [0, 0.05) is 0 Å². The zero-order chi connectivity index (χ0) is 6.46. The summed E-state index contributed by atoms with van der Waals surface area (Å²) in [5, 5.41) is 0. The van der Waals surface area contributed by atoms with Crippen molar-refractivity contribution >= 4 is 0 Å². The molecule has 2 unspecified atom stereocenters. The predicted molar refractivity (Wildman–Crippen MR) is 39.3 cm³/mol. The van der Waals surface area contributed by atoms with Crippen LogP contribution in [0.25, 0.3) is 0 Å². The molecule has 2 atom stereocenters. The molecule has 6 aliphatic rings. The minimum Gasteiger partial charge on any atom is -0.0619 e. The summed E-state index contributed by atoms with van der Waals surface area (Å²) in [7, 11) is 0. The van der Waals surface area contributed by atoms with Crippen molar-refractivity contribution in [3.63, 3.8) is 0 Å². The maximum Gasteiger partial charge on any atom is -0.0318 e. The normalized spacial score (nSPS) is 80.7. The quantitative estimate of drug-likeness (QED) is 0.476. The molecule has 0 aliphatic heterocycles. The highest BCUT2D eigenvalue weighted by Crippen LogP contribution is 2.82. The zero-order valence-electron chi connectivity index (χ0n) is 6.46. The van der Waals surface area contributed by atoms with Gasteiger partial charge in [-0.2, -0.15) is 0 Å². The topological polar surface area (TPSA) is 0 Å². The molecule has 0 radical (unpaired) electrons. The highest BCUT2D eigenvalue weighted by molar-refractivity contribution is 5.24. The van der Waals surface area contributed by atoms with Crippen molar-refractivity contribution in [3.05, 3.63) is 0 Å². The second-order valence-electron chi connectivity index (χ2n) is 5.07. The van der Waals surface area contributed by atoms with Crippen LogP contribution < -0.4 is 0 Å². The van der Waals surface area contributed by atoms with E-state index in [1.807, 2.05) is 0 Å². The van der Waals surface area contributed by atoms with E-state index in [1.165, 1.54) is 35.5 Å². The summed E-state index contributed by atoms with van der Waals surface area (Å²) in [6.45, 7) is 2.48. The fourth-order valence-corrected chi connectivity index (χ4v) is 5.04. The molecule has 0 spiro atoms. The Balaban J connectivity index is 1.83. The van der Waals surface area contributed by atoms with Crippen LogP contribution in [-0.2, 0) is 0 Å². The molecule has 0 heteroatoms. The summed E-state index contributed by atoms with van der Waals surface area (Å²) in [4.78, 5) is 0. The third kappa shape index (κ3) is 0.258. The van der Waals surface area contributed by atoms with Crippen LogP contribution in [0.5, 0.6) is 0 Å². The van der Waals surface area contributed by atoms with Gasteiger partial charge in [0.2, 0.25) is 0 Å². The third-order valence-corrected chi connectivity index (χ3v) is 5.22. The van der Waals surface area contributed by atoms with Crippen molar-refractivity contribution in [1.29, 1.82) is 0 Å². The molecule has 6 saturated carbocycles. The molecule has 0 aromatic carbocycles. The molecule has 6 aliphatic carbocycles. The lowest BCUT2D eigenvalue weighted by molar-refractivity contribution is 0.0734. The molecule has 10 heavy (non-hydrogen) atoms. The van der Waals surface area contributed by atoms with E-state index in [0.29, 0.717) is 0 Å². The molecule has 0 amide bonds. The number of hydrogen-bond donors (Lipinski definition) is 0. The molecule has 0 aromatic heterocycles. The van der Waals surface area contributed by atoms with Gasteiger partial charge >= 0.3 is 0 Å². The molecule has 6 fully saturated rings. The summed E-state index contributed by atoms with van der Waals surface area (Å²) in [6, 6.07) is 0. The van der Waals surface area contributed by atoms with Crippen LogP contribution in [0.15, 0.2) is 0 Å². The van der Waals surface area contributed by atoms with Gasteiger partial charge in [0.15, 0.2) is 0 Å². The molecule has 0 aromatic rings. The molecule has 54 valence electrons. The Morgan fingerprint density at radius 2 is 1.30 bits per heavy atom. The van der Waals surface area contributed by atoms with Gasteiger partial charge in [-0.15, -0.1) is 0 Å². The van der Waals surface area contributed by atoms with E-state index in [-0.39, 0.29) is 0 Å². The van der Waals surface area contributed by atoms with Crippen LogP contribution in [0.3, 0.4) is 0 Å².